The quantitative estimate of drug-likeness (QED) is 0.304. The maximum Gasteiger partial charge on any atom is 0.221 e. The standard InChI is InChI=1S/C30H31N5O2S/c1-18-10-6-7-12-26(18)34-19(2)16-23(20(34)3)29-28(24-11-8-9-15-31-24)33-30(38)35(29)22-13-14-27(37-5)25(17-22)32-21(4)36/h6-17,28-29H,1-5H3,(H,32,36)(H,33,38)/t28-,29+/m0/s1. The van der Waals surface area contributed by atoms with E-state index in [1.807, 2.05) is 36.4 Å². The number of amides is 1. The normalized spacial score (nSPS) is 16.9. The topological polar surface area (TPSA) is 71.4 Å². The number of carbonyl (C=O) groups is 1. The number of thiocarbonyl (C=S) groups is 1. The van der Waals surface area contributed by atoms with Crippen LogP contribution in [0.2, 0.25) is 0 Å². The van der Waals surface area contributed by atoms with Gasteiger partial charge in [-0.15, -0.1) is 0 Å². The Hall–Kier alpha value is -4.17. The molecule has 1 saturated heterocycles. The van der Waals surface area contributed by atoms with Crippen LogP contribution in [0.3, 0.4) is 0 Å². The number of aromatic nitrogens is 2. The van der Waals surface area contributed by atoms with Crippen LogP contribution in [0.25, 0.3) is 5.69 Å². The first-order valence-corrected chi connectivity index (χ1v) is 12.9. The lowest BCUT2D eigenvalue weighted by molar-refractivity contribution is -0.114. The van der Waals surface area contributed by atoms with Crippen molar-refractivity contribution >= 4 is 34.6 Å². The zero-order valence-electron chi connectivity index (χ0n) is 22.1. The zero-order chi connectivity index (χ0) is 27.0. The number of para-hydroxylation sites is 1. The third-order valence-corrected chi connectivity index (χ3v) is 7.33. The van der Waals surface area contributed by atoms with Crippen LogP contribution in [0.5, 0.6) is 5.75 Å². The Morgan fingerprint density at radius 3 is 2.50 bits per heavy atom. The third kappa shape index (κ3) is 4.52. The summed E-state index contributed by atoms with van der Waals surface area (Å²) in [6.07, 6.45) is 1.80. The molecule has 5 rings (SSSR count). The van der Waals surface area contributed by atoms with Gasteiger partial charge in [-0.2, -0.15) is 0 Å². The van der Waals surface area contributed by atoms with Crippen LogP contribution in [0.4, 0.5) is 11.4 Å². The second-order valence-corrected chi connectivity index (χ2v) is 9.90. The molecule has 1 amide bonds. The molecule has 7 nitrogen and oxygen atoms in total. The summed E-state index contributed by atoms with van der Waals surface area (Å²) in [6.45, 7) is 7.89. The van der Waals surface area contributed by atoms with Gasteiger partial charge in [0.1, 0.15) is 5.75 Å². The Balaban J connectivity index is 1.69. The predicted octanol–water partition coefficient (Wildman–Crippen LogP) is 5.94. The highest BCUT2D eigenvalue weighted by molar-refractivity contribution is 7.80. The van der Waals surface area contributed by atoms with Crippen LogP contribution in [0.1, 0.15) is 47.2 Å². The number of rotatable bonds is 6. The van der Waals surface area contributed by atoms with E-state index in [0.717, 1.165) is 34.0 Å². The first kappa shape index (κ1) is 25.5. The van der Waals surface area contributed by atoms with Gasteiger partial charge in [-0.05, 0) is 86.6 Å². The van der Waals surface area contributed by atoms with Crippen LogP contribution in [-0.4, -0.2) is 27.7 Å². The average molecular weight is 526 g/mol. The predicted molar refractivity (Wildman–Crippen MR) is 155 cm³/mol. The van der Waals surface area contributed by atoms with E-state index < -0.39 is 0 Å². The largest absolute Gasteiger partial charge is 0.495 e. The minimum absolute atomic E-state index is 0.174. The van der Waals surface area contributed by atoms with Gasteiger partial charge in [-0.3, -0.25) is 9.78 Å². The molecule has 0 radical (unpaired) electrons. The Morgan fingerprint density at radius 2 is 1.82 bits per heavy atom. The fraction of sp³-hybridized carbons (Fsp3) is 0.233. The van der Waals surface area contributed by atoms with Crippen LogP contribution < -0.4 is 20.3 Å². The van der Waals surface area contributed by atoms with Gasteiger partial charge < -0.3 is 24.8 Å². The number of nitrogens with one attached hydrogen (secondary N) is 2. The monoisotopic (exact) mass is 525 g/mol. The van der Waals surface area contributed by atoms with Crippen LogP contribution in [-0.2, 0) is 4.79 Å². The maximum atomic E-state index is 11.9. The van der Waals surface area contributed by atoms with Gasteiger partial charge in [-0.25, -0.2) is 0 Å². The number of anilines is 2. The molecule has 38 heavy (non-hydrogen) atoms. The number of methoxy groups -OCH3 is 1. The Bertz CT molecular complexity index is 1510. The molecule has 2 atom stereocenters. The molecule has 1 aliphatic rings. The van der Waals surface area contributed by atoms with Crippen LogP contribution in [0.15, 0.2) is 72.9 Å². The van der Waals surface area contributed by atoms with Crippen molar-refractivity contribution in [1.29, 1.82) is 0 Å². The number of benzene rings is 2. The molecule has 4 aromatic rings. The summed E-state index contributed by atoms with van der Waals surface area (Å²) < 4.78 is 7.80. The first-order chi connectivity index (χ1) is 18.3. The molecular formula is C30H31N5O2S. The molecule has 3 heterocycles. The zero-order valence-corrected chi connectivity index (χ0v) is 23.0. The van der Waals surface area contributed by atoms with E-state index in [1.54, 1.807) is 13.3 Å². The van der Waals surface area contributed by atoms with E-state index in [2.05, 4.69) is 76.2 Å². The van der Waals surface area contributed by atoms with Gasteiger partial charge in [0, 0.05) is 35.9 Å². The Morgan fingerprint density at radius 1 is 1.05 bits per heavy atom. The molecule has 1 aliphatic heterocycles. The summed E-state index contributed by atoms with van der Waals surface area (Å²) in [5.74, 6) is 0.407. The molecule has 0 spiro atoms. The third-order valence-electron chi connectivity index (χ3n) is 7.02. The van der Waals surface area contributed by atoms with Crippen LogP contribution in [0, 0.1) is 20.8 Å². The van der Waals surface area contributed by atoms with E-state index in [1.165, 1.54) is 12.5 Å². The molecular weight excluding hydrogens is 494 g/mol. The second kappa shape index (κ2) is 10.3. The van der Waals surface area contributed by atoms with E-state index in [-0.39, 0.29) is 18.0 Å². The van der Waals surface area contributed by atoms with Crippen molar-refractivity contribution in [2.24, 2.45) is 0 Å². The Labute approximate surface area is 228 Å². The lowest BCUT2D eigenvalue weighted by Gasteiger charge is -2.29. The minimum atomic E-state index is -0.181. The molecule has 0 unspecified atom stereocenters. The summed E-state index contributed by atoms with van der Waals surface area (Å²) >= 11 is 5.93. The van der Waals surface area contributed by atoms with Crippen molar-refractivity contribution in [2.45, 2.75) is 39.8 Å². The van der Waals surface area contributed by atoms with E-state index in [4.69, 9.17) is 17.0 Å². The first-order valence-electron chi connectivity index (χ1n) is 12.5. The van der Waals surface area contributed by atoms with Gasteiger partial charge in [0.25, 0.3) is 0 Å². The highest BCUT2D eigenvalue weighted by Crippen LogP contribution is 2.45. The number of nitrogens with zero attached hydrogens (tertiary/aromatic N) is 3. The SMILES string of the molecule is COc1ccc(N2C(=S)N[C@@H](c3ccccn3)[C@H]2c2cc(C)n(-c3ccccc3C)c2C)cc1NC(C)=O. The summed E-state index contributed by atoms with van der Waals surface area (Å²) in [7, 11) is 1.59. The summed E-state index contributed by atoms with van der Waals surface area (Å²) in [5.41, 5.74) is 8.11. The number of carbonyl (C=O) groups excluding carboxylic acids is 1. The maximum absolute atomic E-state index is 11.9. The lowest BCUT2D eigenvalue weighted by atomic mass is 9.96. The van der Waals surface area contributed by atoms with E-state index in [9.17, 15) is 4.79 Å². The van der Waals surface area contributed by atoms with Gasteiger partial charge >= 0.3 is 0 Å². The van der Waals surface area contributed by atoms with E-state index >= 15 is 0 Å². The van der Waals surface area contributed by atoms with Crippen molar-refractivity contribution in [2.75, 3.05) is 17.3 Å². The fourth-order valence-electron chi connectivity index (χ4n) is 5.35. The van der Waals surface area contributed by atoms with Crippen molar-refractivity contribution in [3.05, 3.63) is 101 Å². The highest BCUT2D eigenvalue weighted by atomic mass is 32.1. The van der Waals surface area contributed by atoms with Gasteiger partial charge in [0.15, 0.2) is 5.11 Å². The second-order valence-electron chi connectivity index (χ2n) is 9.51. The number of ether oxygens (including phenoxy) is 1. The number of hydrogen-bond donors (Lipinski definition) is 2. The van der Waals surface area contributed by atoms with Crippen molar-refractivity contribution < 1.29 is 9.53 Å². The van der Waals surface area contributed by atoms with Crippen molar-refractivity contribution in [1.82, 2.24) is 14.9 Å². The molecule has 8 heteroatoms. The molecule has 0 saturated carbocycles. The molecule has 2 N–H and O–H groups in total. The van der Waals surface area contributed by atoms with Gasteiger partial charge in [0.2, 0.25) is 5.91 Å². The highest BCUT2D eigenvalue weighted by Gasteiger charge is 2.42. The van der Waals surface area contributed by atoms with Crippen LogP contribution >= 0.6 is 12.2 Å². The van der Waals surface area contributed by atoms with Gasteiger partial charge in [-0.1, -0.05) is 24.3 Å². The number of hydrogen-bond acceptors (Lipinski definition) is 4. The van der Waals surface area contributed by atoms with E-state index in [0.29, 0.717) is 16.5 Å². The molecule has 194 valence electrons. The fourth-order valence-corrected chi connectivity index (χ4v) is 5.70. The smallest absolute Gasteiger partial charge is 0.221 e. The molecule has 0 aliphatic carbocycles. The summed E-state index contributed by atoms with van der Waals surface area (Å²) in [6, 6.07) is 21.9. The minimum Gasteiger partial charge on any atom is -0.495 e. The lowest BCUT2D eigenvalue weighted by Crippen LogP contribution is -2.29. The van der Waals surface area contributed by atoms with Gasteiger partial charge in [0.05, 0.1) is 30.6 Å². The summed E-state index contributed by atoms with van der Waals surface area (Å²) in [5, 5.41) is 7.00. The number of pyridine rings is 1. The molecule has 2 aromatic heterocycles. The number of aryl methyl sites for hydroxylation is 2. The Kier molecular flexibility index (Phi) is 6.91. The molecule has 1 fully saturated rings. The van der Waals surface area contributed by atoms with Crippen molar-refractivity contribution in [3.63, 3.8) is 0 Å². The molecule has 2 aromatic carbocycles. The van der Waals surface area contributed by atoms with Crippen molar-refractivity contribution in [3.8, 4) is 11.4 Å². The average Bonchev–Trinajstić information content (AvgIpc) is 3.39. The summed E-state index contributed by atoms with van der Waals surface area (Å²) in [4.78, 5) is 18.7. The molecule has 0 bridgehead atoms.